The van der Waals surface area contributed by atoms with Gasteiger partial charge in [-0.05, 0) is 35.9 Å². The number of thioether (sulfide) groups is 1. The molecule has 0 aliphatic carbocycles. The molecule has 0 aliphatic rings. The van der Waals surface area contributed by atoms with Crippen molar-refractivity contribution in [3.05, 3.63) is 65.2 Å². The normalized spacial score (nSPS) is 11.3. The highest BCUT2D eigenvalue weighted by Crippen LogP contribution is 2.31. The van der Waals surface area contributed by atoms with Gasteiger partial charge in [0, 0.05) is 16.2 Å². The second-order valence-corrected chi connectivity index (χ2v) is 5.22. The van der Waals surface area contributed by atoms with Gasteiger partial charge in [0.15, 0.2) is 0 Å². The van der Waals surface area contributed by atoms with Crippen molar-refractivity contribution in [3.63, 3.8) is 0 Å². The third-order valence-corrected chi connectivity index (χ3v) is 3.76. The first-order valence-electron chi connectivity index (χ1n) is 5.83. The van der Waals surface area contributed by atoms with Crippen LogP contribution in [0, 0.1) is 0 Å². The maximum Gasteiger partial charge on any atom is 0.416 e. The van der Waals surface area contributed by atoms with Crippen molar-refractivity contribution in [1.82, 2.24) is 0 Å². The molecule has 0 bridgehead atoms. The number of alkyl halides is 3. The van der Waals surface area contributed by atoms with Gasteiger partial charge in [-0.2, -0.15) is 13.2 Å². The molecule has 2 rings (SSSR count). The quantitative estimate of drug-likeness (QED) is 0.595. The number of aldehydes is 1. The van der Waals surface area contributed by atoms with E-state index in [4.69, 9.17) is 0 Å². The Bertz CT molecular complexity index is 591. The lowest BCUT2D eigenvalue weighted by Gasteiger charge is -2.07. The summed E-state index contributed by atoms with van der Waals surface area (Å²) in [4.78, 5) is 11.4. The predicted octanol–water partition coefficient (Wildman–Crippen LogP) is 4.81. The molecule has 0 atom stereocenters. The average Bonchev–Trinajstić information content (AvgIpc) is 2.45. The molecule has 0 amide bonds. The number of rotatable bonds is 4. The number of hydrogen-bond acceptors (Lipinski definition) is 2. The molecule has 0 heterocycles. The van der Waals surface area contributed by atoms with E-state index in [9.17, 15) is 18.0 Å². The summed E-state index contributed by atoms with van der Waals surface area (Å²) in [6.45, 7) is 0. The molecule has 0 spiro atoms. The molecule has 0 saturated carbocycles. The van der Waals surface area contributed by atoms with Gasteiger partial charge in [-0.25, -0.2) is 0 Å². The van der Waals surface area contributed by atoms with Crippen LogP contribution >= 0.6 is 11.8 Å². The third-order valence-electron chi connectivity index (χ3n) is 2.67. The van der Waals surface area contributed by atoms with E-state index in [0.717, 1.165) is 28.9 Å². The highest BCUT2D eigenvalue weighted by molar-refractivity contribution is 7.98. The molecular weight excluding hydrogens is 285 g/mol. The van der Waals surface area contributed by atoms with Gasteiger partial charge in [0.25, 0.3) is 0 Å². The largest absolute Gasteiger partial charge is 0.416 e. The van der Waals surface area contributed by atoms with Crippen LogP contribution in [0.4, 0.5) is 13.2 Å². The topological polar surface area (TPSA) is 17.1 Å². The molecule has 0 unspecified atom stereocenters. The monoisotopic (exact) mass is 296 g/mol. The molecular formula is C15H11F3OS. The molecule has 1 nitrogen and oxygen atoms in total. The molecule has 0 fully saturated rings. The zero-order valence-electron chi connectivity index (χ0n) is 10.4. The van der Waals surface area contributed by atoms with Crippen molar-refractivity contribution >= 4 is 18.0 Å². The van der Waals surface area contributed by atoms with Gasteiger partial charge in [0.2, 0.25) is 0 Å². The van der Waals surface area contributed by atoms with Crippen molar-refractivity contribution in [3.8, 4) is 0 Å². The van der Waals surface area contributed by atoms with Crippen molar-refractivity contribution < 1.29 is 18.0 Å². The van der Waals surface area contributed by atoms with E-state index < -0.39 is 11.7 Å². The van der Waals surface area contributed by atoms with Crippen LogP contribution in [0.1, 0.15) is 21.5 Å². The number of carbonyl (C=O) groups excluding carboxylic acids is 1. The van der Waals surface area contributed by atoms with E-state index in [1.54, 1.807) is 18.2 Å². The van der Waals surface area contributed by atoms with Crippen molar-refractivity contribution in [2.75, 3.05) is 0 Å². The summed E-state index contributed by atoms with van der Waals surface area (Å²) in [6.07, 6.45) is -3.53. The van der Waals surface area contributed by atoms with Crippen LogP contribution in [0.15, 0.2) is 53.4 Å². The molecule has 2 aromatic carbocycles. The lowest BCUT2D eigenvalue weighted by atomic mass is 10.2. The van der Waals surface area contributed by atoms with E-state index in [0.29, 0.717) is 11.3 Å². The Morgan fingerprint density at radius 2 is 1.75 bits per heavy atom. The summed E-state index contributed by atoms with van der Waals surface area (Å²) in [5.41, 5.74) is 0.903. The number of carbonyl (C=O) groups is 1. The molecule has 0 radical (unpaired) electrons. The first-order valence-corrected chi connectivity index (χ1v) is 6.82. The van der Waals surface area contributed by atoms with Crippen LogP contribution in [0.2, 0.25) is 0 Å². The summed E-state index contributed by atoms with van der Waals surface area (Å²) in [7, 11) is 0. The third kappa shape index (κ3) is 3.87. The molecule has 0 saturated heterocycles. The molecule has 0 aliphatic heterocycles. The summed E-state index contributed by atoms with van der Waals surface area (Å²) in [5.74, 6) is 0.604. The van der Waals surface area contributed by atoms with Crippen LogP contribution in [0.3, 0.4) is 0 Å². The molecule has 2 aromatic rings. The van der Waals surface area contributed by atoms with Crippen molar-refractivity contribution in [2.45, 2.75) is 16.8 Å². The Morgan fingerprint density at radius 3 is 2.35 bits per heavy atom. The summed E-state index contributed by atoms with van der Waals surface area (Å²) in [5, 5.41) is 0. The molecule has 20 heavy (non-hydrogen) atoms. The van der Waals surface area contributed by atoms with E-state index in [1.165, 1.54) is 23.9 Å². The number of benzene rings is 2. The van der Waals surface area contributed by atoms with E-state index in [1.807, 2.05) is 6.07 Å². The van der Waals surface area contributed by atoms with Gasteiger partial charge in [0.1, 0.15) is 6.29 Å². The maximum atomic E-state index is 12.4. The fourth-order valence-electron chi connectivity index (χ4n) is 1.66. The van der Waals surface area contributed by atoms with Gasteiger partial charge in [-0.1, -0.05) is 18.2 Å². The van der Waals surface area contributed by atoms with Crippen LogP contribution in [0.25, 0.3) is 0 Å². The predicted molar refractivity (Wildman–Crippen MR) is 72.8 cm³/mol. The van der Waals surface area contributed by atoms with E-state index in [-0.39, 0.29) is 0 Å². The zero-order valence-corrected chi connectivity index (χ0v) is 11.2. The summed E-state index contributed by atoms with van der Waals surface area (Å²) < 4.78 is 37.2. The zero-order chi connectivity index (χ0) is 14.6. The Balaban J connectivity index is 2.02. The second-order valence-electron chi connectivity index (χ2n) is 4.17. The van der Waals surface area contributed by atoms with Gasteiger partial charge >= 0.3 is 6.18 Å². The average molecular weight is 296 g/mol. The fourth-order valence-corrected chi connectivity index (χ4v) is 2.50. The van der Waals surface area contributed by atoms with Gasteiger partial charge in [-0.15, -0.1) is 11.8 Å². The maximum absolute atomic E-state index is 12.4. The summed E-state index contributed by atoms with van der Waals surface area (Å²) >= 11 is 1.43. The van der Waals surface area contributed by atoms with E-state index in [2.05, 4.69) is 0 Å². The molecule has 104 valence electrons. The summed E-state index contributed by atoms with van der Waals surface area (Å²) in [6, 6.07) is 12.2. The van der Waals surface area contributed by atoms with Crippen LogP contribution in [0.5, 0.6) is 0 Å². The standard InChI is InChI=1S/C15H11F3OS/c16-15(17,18)13-4-6-14(7-5-13)20-10-12-3-1-2-11(8-12)9-19/h1-9H,10H2. The Hall–Kier alpha value is -1.75. The minimum atomic E-state index is -4.30. The fraction of sp³-hybridized carbons (Fsp3) is 0.133. The van der Waals surface area contributed by atoms with Crippen LogP contribution in [-0.4, -0.2) is 6.29 Å². The minimum absolute atomic E-state index is 0.593. The first-order chi connectivity index (χ1) is 9.49. The van der Waals surface area contributed by atoms with Crippen molar-refractivity contribution in [1.29, 1.82) is 0 Å². The van der Waals surface area contributed by atoms with Gasteiger partial charge in [0.05, 0.1) is 5.56 Å². The highest BCUT2D eigenvalue weighted by atomic mass is 32.2. The number of halogens is 3. The lowest BCUT2D eigenvalue weighted by molar-refractivity contribution is -0.137. The highest BCUT2D eigenvalue weighted by Gasteiger charge is 2.29. The molecule has 0 N–H and O–H groups in total. The second kappa shape index (κ2) is 6.13. The Morgan fingerprint density at radius 1 is 1.05 bits per heavy atom. The van der Waals surface area contributed by atoms with Crippen molar-refractivity contribution in [2.24, 2.45) is 0 Å². The smallest absolute Gasteiger partial charge is 0.298 e. The molecule has 5 heteroatoms. The Kier molecular flexibility index (Phi) is 4.49. The first kappa shape index (κ1) is 14.7. The molecule has 0 aromatic heterocycles. The minimum Gasteiger partial charge on any atom is -0.298 e. The number of hydrogen-bond donors (Lipinski definition) is 0. The SMILES string of the molecule is O=Cc1cccc(CSc2ccc(C(F)(F)F)cc2)c1. The lowest BCUT2D eigenvalue weighted by Crippen LogP contribution is -2.03. The van der Waals surface area contributed by atoms with Gasteiger partial charge < -0.3 is 0 Å². The Labute approximate surface area is 118 Å². The van der Waals surface area contributed by atoms with Crippen LogP contribution in [-0.2, 0) is 11.9 Å². The van der Waals surface area contributed by atoms with Crippen LogP contribution < -0.4 is 0 Å². The van der Waals surface area contributed by atoms with Gasteiger partial charge in [-0.3, -0.25) is 4.79 Å². The van der Waals surface area contributed by atoms with E-state index >= 15 is 0 Å².